The van der Waals surface area contributed by atoms with E-state index in [2.05, 4.69) is 10.6 Å². The van der Waals surface area contributed by atoms with Crippen molar-refractivity contribution in [3.05, 3.63) is 94.9 Å². The average Bonchev–Trinajstić information content (AvgIpc) is 3.03. The summed E-state index contributed by atoms with van der Waals surface area (Å²) in [7, 11) is -4.35. The molecule has 3 N–H and O–H groups in total. The highest BCUT2D eigenvalue weighted by Gasteiger charge is 2.40. The molecule has 1 heterocycles. The summed E-state index contributed by atoms with van der Waals surface area (Å²) in [5.74, 6) is -2.98. The molecule has 9 nitrogen and oxygen atoms in total. The summed E-state index contributed by atoms with van der Waals surface area (Å²) < 4.78 is 45.3. The van der Waals surface area contributed by atoms with E-state index in [-0.39, 0.29) is 21.8 Å². The van der Waals surface area contributed by atoms with Crippen molar-refractivity contribution in [3.8, 4) is 0 Å². The number of halogens is 2. The zero-order chi connectivity index (χ0) is 25.3. The monoisotopic (exact) mass is 515 g/mol. The number of rotatable bonds is 6. The predicted molar refractivity (Wildman–Crippen MR) is 126 cm³/mol. The van der Waals surface area contributed by atoms with Crippen molar-refractivity contribution in [2.75, 3.05) is 15.5 Å². The van der Waals surface area contributed by atoms with Crippen molar-refractivity contribution in [1.29, 1.82) is 0 Å². The van der Waals surface area contributed by atoms with Gasteiger partial charge in [0.05, 0.1) is 10.6 Å². The van der Waals surface area contributed by atoms with Crippen LogP contribution in [0.25, 0.3) is 0 Å². The quantitative estimate of drug-likeness (QED) is 0.336. The predicted octanol–water partition coefficient (Wildman–Crippen LogP) is 3.76. The molecule has 0 atom stereocenters. The summed E-state index contributed by atoms with van der Waals surface area (Å²) in [4.78, 5) is 38.0. The van der Waals surface area contributed by atoms with E-state index < -0.39 is 38.7 Å². The molecule has 4 rings (SSSR count). The van der Waals surface area contributed by atoms with Crippen LogP contribution in [-0.2, 0) is 19.7 Å². The number of benzene rings is 3. The van der Waals surface area contributed by atoms with Crippen molar-refractivity contribution < 1.29 is 31.7 Å². The molecule has 178 valence electrons. The van der Waals surface area contributed by atoms with Crippen LogP contribution < -0.4 is 15.5 Å². The fourth-order valence-corrected chi connectivity index (χ4v) is 3.92. The molecular formula is C23H15ClFN3O6S. The maximum atomic E-state index is 14.1. The number of amides is 3. The van der Waals surface area contributed by atoms with Crippen LogP contribution in [-0.4, -0.2) is 30.7 Å². The fraction of sp³-hybridized carbons (Fsp3) is 0. The molecule has 3 aromatic carbocycles. The number of nitrogens with zero attached hydrogens (tertiary/aromatic N) is 1. The third-order valence-corrected chi connectivity index (χ3v) is 6.17. The second kappa shape index (κ2) is 9.29. The van der Waals surface area contributed by atoms with Gasteiger partial charge in [-0.25, -0.2) is 9.29 Å². The minimum absolute atomic E-state index is 0.228. The minimum Gasteiger partial charge on any atom is -0.350 e. The molecular weight excluding hydrogens is 501 g/mol. The van der Waals surface area contributed by atoms with Gasteiger partial charge in [-0.1, -0.05) is 23.7 Å². The normalized spacial score (nSPS) is 13.9. The zero-order valence-electron chi connectivity index (χ0n) is 17.5. The van der Waals surface area contributed by atoms with Crippen molar-refractivity contribution in [2.45, 2.75) is 4.90 Å². The van der Waals surface area contributed by atoms with Gasteiger partial charge in [-0.3, -0.25) is 18.9 Å². The summed E-state index contributed by atoms with van der Waals surface area (Å²) in [5, 5.41) is 4.89. The van der Waals surface area contributed by atoms with E-state index in [4.69, 9.17) is 16.2 Å². The van der Waals surface area contributed by atoms with Crippen molar-refractivity contribution in [2.24, 2.45) is 0 Å². The Bertz CT molecular complexity index is 1490. The van der Waals surface area contributed by atoms with Crippen LogP contribution in [0.3, 0.4) is 0 Å². The summed E-state index contributed by atoms with van der Waals surface area (Å²) in [6.45, 7) is 0. The van der Waals surface area contributed by atoms with Crippen molar-refractivity contribution >= 4 is 56.5 Å². The first-order valence-electron chi connectivity index (χ1n) is 9.85. The molecule has 0 saturated carbocycles. The molecule has 0 spiro atoms. The average molecular weight is 516 g/mol. The third-order valence-electron chi connectivity index (χ3n) is 4.95. The van der Waals surface area contributed by atoms with Crippen LogP contribution in [0.1, 0.15) is 10.4 Å². The lowest BCUT2D eigenvalue weighted by Crippen LogP contribution is -2.33. The molecule has 3 aromatic rings. The van der Waals surface area contributed by atoms with Gasteiger partial charge in [-0.15, -0.1) is 0 Å². The minimum atomic E-state index is -4.35. The lowest BCUT2D eigenvalue weighted by Gasteiger charge is -2.15. The van der Waals surface area contributed by atoms with Gasteiger partial charge in [0.2, 0.25) is 0 Å². The topological polar surface area (TPSA) is 133 Å². The highest BCUT2D eigenvalue weighted by Crippen LogP contribution is 2.31. The van der Waals surface area contributed by atoms with Gasteiger partial charge < -0.3 is 10.6 Å². The van der Waals surface area contributed by atoms with Gasteiger partial charge in [-0.2, -0.15) is 8.42 Å². The van der Waals surface area contributed by atoms with Gasteiger partial charge >= 0.3 is 0 Å². The van der Waals surface area contributed by atoms with Crippen LogP contribution in [0.4, 0.5) is 21.5 Å². The highest BCUT2D eigenvalue weighted by molar-refractivity contribution is 7.85. The lowest BCUT2D eigenvalue weighted by molar-refractivity contribution is -0.120. The Kier molecular flexibility index (Phi) is 6.39. The third kappa shape index (κ3) is 4.92. The SMILES string of the molecule is O=C(Nc1ccc(S(=O)(=O)O)cc1)c1ccc(NC2=C(Cl)C(=O)N(c3ccccc3F)C2=O)cc1. The van der Waals surface area contributed by atoms with E-state index in [0.717, 1.165) is 18.2 Å². The van der Waals surface area contributed by atoms with Gasteiger partial charge in [0, 0.05) is 16.9 Å². The first-order valence-corrected chi connectivity index (χ1v) is 11.7. The number of anilines is 3. The van der Waals surface area contributed by atoms with Crippen LogP contribution in [0.5, 0.6) is 0 Å². The van der Waals surface area contributed by atoms with E-state index in [9.17, 15) is 27.2 Å². The van der Waals surface area contributed by atoms with Crippen molar-refractivity contribution in [3.63, 3.8) is 0 Å². The Balaban J connectivity index is 1.46. The Morgan fingerprint density at radius 2 is 1.49 bits per heavy atom. The van der Waals surface area contributed by atoms with E-state index >= 15 is 0 Å². The first-order chi connectivity index (χ1) is 16.6. The highest BCUT2D eigenvalue weighted by atomic mass is 35.5. The summed E-state index contributed by atoms with van der Waals surface area (Å²) in [5.41, 5.74) is 0.398. The molecule has 1 aliphatic rings. The number of imide groups is 1. The smallest absolute Gasteiger partial charge is 0.294 e. The largest absolute Gasteiger partial charge is 0.350 e. The molecule has 0 aromatic heterocycles. The molecule has 0 fully saturated rings. The molecule has 0 aliphatic carbocycles. The molecule has 0 unspecified atom stereocenters. The molecule has 1 aliphatic heterocycles. The Labute approximate surface area is 203 Å². The van der Waals surface area contributed by atoms with Crippen LogP contribution >= 0.6 is 11.6 Å². The van der Waals surface area contributed by atoms with E-state index in [1.165, 1.54) is 54.6 Å². The summed E-state index contributed by atoms with van der Waals surface area (Å²) >= 11 is 6.05. The molecule has 12 heteroatoms. The fourth-order valence-electron chi connectivity index (χ4n) is 3.23. The second-order valence-corrected chi connectivity index (χ2v) is 9.04. The molecule has 35 heavy (non-hydrogen) atoms. The number of carbonyl (C=O) groups is 3. The molecule has 0 bridgehead atoms. The van der Waals surface area contributed by atoms with Crippen LogP contribution in [0.15, 0.2) is 88.4 Å². The van der Waals surface area contributed by atoms with Crippen LogP contribution in [0, 0.1) is 5.82 Å². The van der Waals surface area contributed by atoms with Gasteiger partial charge in [0.25, 0.3) is 27.8 Å². The van der Waals surface area contributed by atoms with E-state index in [1.807, 2.05) is 0 Å². The zero-order valence-corrected chi connectivity index (χ0v) is 19.1. The van der Waals surface area contributed by atoms with Gasteiger partial charge in [-0.05, 0) is 60.7 Å². The first kappa shape index (κ1) is 24.1. The summed E-state index contributed by atoms with van der Waals surface area (Å²) in [6.07, 6.45) is 0. The van der Waals surface area contributed by atoms with E-state index in [1.54, 1.807) is 0 Å². The Morgan fingerprint density at radius 3 is 2.09 bits per heavy atom. The number of hydrogen-bond acceptors (Lipinski definition) is 6. The lowest BCUT2D eigenvalue weighted by atomic mass is 10.2. The standard InChI is InChI=1S/C23H15ClFN3O6S/c24-19-20(23(31)28(22(19)30)18-4-2-1-3-17(18)25)26-14-7-5-13(6-8-14)21(29)27-15-9-11-16(12-10-15)35(32,33)34/h1-12,26H,(H,27,29)(H,32,33,34). The summed E-state index contributed by atoms with van der Waals surface area (Å²) in [6, 6.07) is 16.0. The maximum Gasteiger partial charge on any atom is 0.294 e. The van der Waals surface area contributed by atoms with E-state index in [0.29, 0.717) is 16.3 Å². The van der Waals surface area contributed by atoms with Gasteiger partial charge in [0.15, 0.2) is 0 Å². The van der Waals surface area contributed by atoms with Crippen molar-refractivity contribution in [1.82, 2.24) is 0 Å². The molecule has 0 radical (unpaired) electrons. The second-order valence-electron chi connectivity index (χ2n) is 7.24. The number of nitrogens with one attached hydrogen (secondary N) is 2. The maximum absolute atomic E-state index is 14.1. The molecule has 0 saturated heterocycles. The van der Waals surface area contributed by atoms with Gasteiger partial charge in [0.1, 0.15) is 16.5 Å². The van der Waals surface area contributed by atoms with Crippen LogP contribution in [0.2, 0.25) is 0 Å². The number of para-hydroxylation sites is 1. The number of hydrogen-bond donors (Lipinski definition) is 3. The Morgan fingerprint density at radius 1 is 0.886 bits per heavy atom. The Hall–Kier alpha value is -4.06. The number of carbonyl (C=O) groups excluding carboxylic acids is 3. The molecule has 3 amide bonds.